The largest absolute Gasteiger partial charge is 0.325 e. The van der Waals surface area contributed by atoms with Crippen LogP contribution in [0.4, 0.5) is 17.1 Å². The fraction of sp³-hybridized carbons (Fsp3) is 0.231. The predicted octanol–water partition coefficient (Wildman–Crippen LogP) is 4.72. The maximum atomic E-state index is 13.3. The quantitative estimate of drug-likeness (QED) is 0.355. The lowest BCUT2D eigenvalue weighted by Gasteiger charge is -2.27. The van der Waals surface area contributed by atoms with Crippen molar-refractivity contribution in [3.63, 3.8) is 0 Å². The SMILES string of the molecule is CCc1ccccc1NC(=O)CN(C)C(C(=O)Nc1ccc(C)cc1[N+](=O)[O-])c1ccccc1. The van der Waals surface area contributed by atoms with E-state index in [-0.39, 0.29) is 23.8 Å². The fourth-order valence-electron chi connectivity index (χ4n) is 3.80. The molecule has 0 radical (unpaired) electrons. The molecule has 0 fully saturated rings. The molecule has 8 nitrogen and oxygen atoms in total. The number of rotatable bonds is 9. The van der Waals surface area contributed by atoms with E-state index < -0.39 is 16.9 Å². The Kier molecular flexibility index (Phi) is 8.10. The van der Waals surface area contributed by atoms with Gasteiger partial charge in [0.2, 0.25) is 11.8 Å². The molecule has 3 aromatic carbocycles. The van der Waals surface area contributed by atoms with Crippen LogP contribution >= 0.6 is 0 Å². The van der Waals surface area contributed by atoms with Crippen molar-refractivity contribution in [2.24, 2.45) is 0 Å². The molecule has 1 unspecified atom stereocenters. The summed E-state index contributed by atoms with van der Waals surface area (Å²) >= 11 is 0. The molecule has 0 heterocycles. The molecule has 3 rings (SSSR count). The molecule has 34 heavy (non-hydrogen) atoms. The van der Waals surface area contributed by atoms with E-state index in [1.807, 2.05) is 37.3 Å². The molecular weight excluding hydrogens is 432 g/mol. The van der Waals surface area contributed by atoms with E-state index in [1.54, 1.807) is 49.2 Å². The van der Waals surface area contributed by atoms with E-state index in [0.717, 1.165) is 17.7 Å². The zero-order chi connectivity index (χ0) is 24.7. The highest BCUT2D eigenvalue weighted by molar-refractivity contribution is 5.98. The summed E-state index contributed by atoms with van der Waals surface area (Å²) in [5.41, 5.74) is 3.05. The van der Waals surface area contributed by atoms with Gasteiger partial charge in [-0.15, -0.1) is 0 Å². The Morgan fingerprint density at radius 3 is 2.32 bits per heavy atom. The summed E-state index contributed by atoms with van der Waals surface area (Å²) in [5, 5.41) is 17.1. The van der Waals surface area contributed by atoms with Crippen LogP contribution in [0.3, 0.4) is 0 Å². The topological polar surface area (TPSA) is 105 Å². The molecule has 0 aliphatic carbocycles. The second-order valence-electron chi connectivity index (χ2n) is 8.05. The number of anilines is 2. The predicted molar refractivity (Wildman–Crippen MR) is 133 cm³/mol. The van der Waals surface area contributed by atoms with Gasteiger partial charge in [-0.1, -0.05) is 61.5 Å². The first kappa shape index (κ1) is 24.6. The minimum atomic E-state index is -0.839. The lowest BCUT2D eigenvalue weighted by atomic mass is 10.0. The third kappa shape index (κ3) is 6.05. The van der Waals surface area contributed by atoms with Gasteiger partial charge in [0.15, 0.2) is 0 Å². The van der Waals surface area contributed by atoms with Gasteiger partial charge in [0.25, 0.3) is 5.69 Å². The first-order valence-electron chi connectivity index (χ1n) is 11.0. The fourth-order valence-corrected chi connectivity index (χ4v) is 3.80. The van der Waals surface area contributed by atoms with Crippen molar-refractivity contribution in [3.8, 4) is 0 Å². The van der Waals surface area contributed by atoms with Crippen LogP contribution in [0.2, 0.25) is 0 Å². The van der Waals surface area contributed by atoms with Crippen molar-refractivity contribution in [1.82, 2.24) is 4.90 Å². The summed E-state index contributed by atoms with van der Waals surface area (Å²) < 4.78 is 0. The van der Waals surface area contributed by atoms with Gasteiger partial charge in [-0.3, -0.25) is 24.6 Å². The van der Waals surface area contributed by atoms with Gasteiger partial charge >= 0.3 is 0 Å². The maximum absolute atomic E-state index is 13.3. The molecule has 0 aromatic heterocycles. The minimum Gasteiger partial charge on any atom is -0.325 e. The minimum absolute atomic E-state index is 0.0545. The summed E-state index contributed by atoms with van der Waals surface area (Å²) in [4.78, 5) is 38.7. The van der Waals surface area contributed by atoms with Gasteiger partial charge in [-0.2, -0.15) is 0 Å². The number of carbonyl (C=O) groups is 2. The normalized spacial score (nSPS) is 11.6. The van der Waals surface area contributed by atoms with Gasteiger partial charge in [0.1, 0.15) is 11.7 Å². The summed E-state index contributed by atoms with van der Waals surface area (Å²) in [6.07, 6.45) is 0.774. The molecule has 2 amide bonds. The highest BCUT2D eigenvalue weighted by Gasteiger charge is 2.28. The summed E-state index contributed by atoms with van der Waals surface area (Å²) in [5.74, 6) is -0.735. The molecule has 0 aliphatic heterocycles. The average molecular weight is 461 g/mol. The zero-order valence-corrected chi connectivity index (χ0v) is 19.4. The van der Waals surface area contributed by atoms with Crippen molar-refractivity contribution in [2.45, 2.75) is 26.3 Å². The number of nitro benzene ring substituents is 1. The third-order valence-electron chi connectivity index (χ3n) is 5.48. The number of amides is 2. The van der Waals surface area contributed by atoms with E-state index in [0.29, 0.717) is 11.1 Å². The number of carbonyl (C=O) groups excluding carboxylic acids is 2. The molecule has 8 heteroatoms. The Bertz CT molecular complexity index is 1180. The van der Waals surface area contributed by atoms with Gasteiger partial charge < -0.3 is 10.6 Å². The van der Waals surface area contributed by atoms with Crippen molar-refractivity contribution in [1.29, 1.82) is 0 Å². The van der Waals surface area contributed by atoms with Crippen LogP contribution in [0.15, 0.2) is 72.8 Å². The van der Waals surface area contributed by atoms with Gasteiger partial charge in [-0.25, -0.2) is 0 Å². The Hall–Kier alpha value is -4.04. The van der Waals surface area contributed by atoms with E-state index in [4.69, 9.17) is 0 Å². The first-order chi connectivity index (χ1) is 16.3. The molecule has 0 bridgehead atoms. The maximum Gasteiger partial charge on any atom is 0.293 e. The van der Waals surface area contributed by atoms with Crippen LogP contribution in [-0.4, -0.2) is 35.2 Å². The van der Waals surface area contributed by atoms with Crippen molar-refractivity contribution < 1.29 is 14.5 Å². The van der Waals surface area contributed by atoms with Crippen molar-refractivity contribution in [2.75, 3.05) is 24.2 Å². The van der Waals surface area contributed by atoms with E-state index in [2.05, 4.69) is 10.6 Å². The molecule has 0 aliphatic rings. The smallest absolute Gasteiger partial charge is 0.293 e. The molecule has 0 saturated carbocycles. The number of nitro groups is 1. The van der Waals surface area contributed by atoms with Crippen molar-refractivity contribution in [3.05, 3.63) is 99.6 Å². The lowest BCUT2D eigenvalue weighted by Crippen LogP contribution is -2.39. The number of benzene rings is 3. The molecule has 2 N–H and O–H groups in total. The summed E-state index contributed by atoms with van der Waals surface area (Å²) in [7, 11) is 1.67. The molecular formula is C26H28N4O4. The second kappa shape index (κ2) is 11.2. The molecule has 3 aromatic rings. The van der Waals surface area contributed by atoms with Gasteiger partial charge in [0, 0.05) is 11.8 Å². The van der Waals surface area contributed by atoms with Crippen molar-refractivity contribution >= 4 is 28.9 Å². The van der Waals surface area contributed by atoms with Crippen LogP contribution in [-0.2, 0) is 16.0 Å². The van der Waals surface area contributed by atoms with Gasteiger partial charge in [-0.05, 0) is 49.2 Å². The number of nitrogens with zero attached hydrogens (tertiary/aromatic N) is 2. The van der Waals surface area contributed by atoms with E-state index in [1.165, 1.54) is 12.1 Å². The number of para-hydroxylation sites is 1. The van der Waals surface area contributed by atoms with Crippen LogP contribution in [0.25, 0.3) is 0 Å². The first-order valence-corrected chi connectivity index (χ1v) is 11.0. The number of aryl methyl sites for hydroxylation is 2. The van der Waals surface area contributed by atoms with Crippen LogP contribution in [0.5, 0.6) is 0 Å². The Balaban J connectivity index is 1.83. The van der Waals surface area contributed by atoms with E-state index in [9.17, 15) is 19.7 Å². The summed E-state index contributed by atoms with van der Waals surface area (Å²) in [6.45, 7) is 3.70. The molecule has 1 atom stereocenters. The highest BCUT2D eigenvalue weighted by Crippen LogP contribution is 2.28. The van der Waals surface area contributed by atoms with Crippen LogP contribution in [0.1, 0.15) is 29.7 Å². The van der Waals surface area contributed by atoms with E-state index >= 15 is 0 Å². The summed E-state index contributed by atoms with van der Waals surface area (Å²) in [6, 6.07) is 20.4. The number of nitrogens with one attached hydrogen (secondary N) is 2. The Morgan fingerprint density at radius 1 is 0.971 bits per heavy atom. The second-order valence-corrected chi connectivity index (χ2v) is 8.05. The van der Waals surface area contributed by atoms with Crippen LogP contribution in [0, 0.1) is 17.0 Å². The number of hydrogen-bond donors (Lipinski definition) is 2. The molecule has 0 saturated heterocycles. The lowest BCUT2D eigenvalue weighted by molar-refractivity contribution is -0.384. The third-order valence-corrected chi connectivity index (χ3v) is 5.48. The monoisotopic (exact) mass is 460 g/mol. The average Bonchev–Trinajstić information content (AvgIpc) is 2.81. The zero-order valence-electron chi connectivity index (χ0n) is 19.4. The number of likely N-dealkylation sites (N-methyl/N-ethyl adjacent to an activating group) is 1. The Morgan fingerprint density at radius 2 is 1.65 bits per heavy atom. The van der Waals surface area contributed by atoms with Gasteiger partial charge in [0.05, 0.1) is 11.5 Å². The standard InChI is InChI=1S/C26H28N4O4/c1-4-19-10-8-9-13-21(19)27-24(31)17-29(3)25(20-11-6-5-7-12-20)26(32)28-22-15-14-18(2)16-23(22)30(33)34/h5-16,25H,4,17H2,1-3H3,(H,27,31)(H,28,32). The molecule has 176 valence electrons. The number of hydrogen-bond acceptors (Lipinski definition) is 5. The molecule has 0 spiro atoms. The highest BCUT2D eigenvalue weighted by atomic mass is 16.6. The van der Waals surface area contributed by atoms with Crippen LogP contribution < -0.4 is 10.6 Å². The Labute approximate surface area is 198 Å².